The van der Waals surface area contributed by atoms with E-state index in [1.807, 2.05) is 5.01 Å². The van der Waals surface area contributed by atoms with Crippen LogP contribution in [0.3, 0.4) is 0 Å². The van der Waals surface area contributed by atoms with Gasteiger partial charge in [-0.2, -0.15) is 5.10 Å². The fourth-order valence-corrected chi connectivity index (χ4v) is 2.85. The standard InChI is InChI=1S/C18H18FN3S/c1-12-3-5-14(6-4-12)17-11-16(21-22(17)18(23)20-2)13-7-9-15(19)10-8-13/h3-10,17H,11H2,1-2H3,(H,20,23)/t17-/m1/s1. The molecule has 23 heavy (non-hydrogen) atoms. The fraction of sp³-hybridized carbons (Fsp3) is 0.222. The maximum absolute atomic E-state index is 13.1. The zero-order valence-electron chi connectivity index (χ0n) is 13.1. The molecule has 3 rings (SSSR count). The second-order valence-corrected chi connectivity index (χ2v) is 5.97. The van der Waals surface area contributed by atoms with Crippen molar-refractivity contribution in [2.75, 3.05) is 7.05 Å². The van der Waals surface area contributed by atoms with Gasteiger partial charge in [0.05, 0.1) is 11.8 Å². The van der Waals surface area contributed by atoms with Gasteiger partial charge in [-0.15, -0.1) is 0 Å². The minimum Gasteiger partial charge on any atom is -0.364 e. The molecule has 118 valence electrons. The maximum atomic E-state index is 13.1. The van der Waals surface area contributed by atoms with E-state index in [0.717, 1.165) is 23.3 Å². The lowest BCUT2D eigenvalue weighted by Gasteiger charge is -2.23. The summed E-state index contributed by atoms with van der Waals surface area (Å²) in [7, 11) is 1.79. The molecule has 1 N–H and O–H groups in total. The lowest BCUT2D eigenvalue weighted by Crippen LogP contribution is -2.34. The lowest BCUT2D eigenvalue weighted by molar-refractivity contribution is 0.366. The molecule has 0 saturated heterocycles. The monoisotopic (exact) mass is 327 g/mol. The number of nitrogens with one attached hydrogen (secondary N) is 1. The highest BCUT2D eigenvalue weighted by atomic mass is 32.1. The number of nitrogens with zero attached hydrogens (tertiary/aromatic N) is 2. The van der Waals surface area contributed by atoms with Gasteiger partial charge in [0.25, 0.3) is 0 Å². The summed E-state index contributed by atoms with van der Waals surface area (Å²) in [4.78, 5) is 0. The van der Waals surface area contributed by atoms with E-state index < -0.39 is 0 Å². The molecular formula is C18H18FN3S. The van der Waals surface area contributed by atoms with Crippen molar-refractivity contribution in [1.29, 1.82) is 0 Å². The van der Waals surface area contributed by atoms with Crippen molar-refractivity contribution in [2.45, 2.75) is 19.4 Å². The van der Waals surface area contributed by atoms with Crippen LogP contribution in [0.2, 0.25) is 0 Å². The zero-order chi connectivity index (χ0) is 16.4. The Kier molecular flexibility index (Phi) is 4.39. The Labute approximate surface area is 140 Å². The first-order valence-electron chi connectivity index (χ1n) is 7.49. The Morgan fingerprint density at radius 2 is 1.83 bits per heavy atom. The van der Waals surface area contributed by atoms with Crippen LogP contribution in [0.5, 0.6) is 0 Å². The second kappa shape index (κ2) is 6.46. The lowest BCUT2D eigenvalue weighted by atomic mass is 9.98. The van der Waals surface area contributed by atoms with Crippen molar-refractivity contribution >= 4 is 23.0 Å². The summed E-state index contributed by atoms with van der Waals surface area (Å²) in [6.07, 6.45) is 0.733. The van der Waals surface area contributed by atoms with Crippen molar-refractivity contribution in [3.63, 3.8) is 0 Å². The molecule has 5 heteroatoms. The van der Waals surface area contributed by atoms with E-state index in [1.54, 1.807) is 19.2 Å². The largest absolute Gasteiger partial charge is 0.364 e. The van der Waals surface area contributed by atoms with Crippen LogP contribution in [0.1, 0.15) is 29.2 Å². The van der Waals surface area contributed by atoms with Crippen molar-refractivity contribution in [3.8, 4) is 0 Å². The Balaban J connectivity index is 1.93. The first kappa shape index (κ1) is 15.6. The van der Waals surface area contributed by atoms with E-state index in [9.17, 15) is 4.39 Å². The van der Waals surface area contributed by atoms with Gasteiger partial charge in [-0.3, -0.25) is 0 Å². The van der Waals surface area contributed by atoms with Crippen LogP contribution < -0.4 is 5.32 Å². The van der Waals surface area contributed by atoms with E-state index in [-0.39, 0.29) is 11.9 Å². The molecule has 0 unspecified atom stereocenters. The van der Waals surface area contributed by atoms with Crippen molar-refractivity contribution in [2.24, 2.45) is 5.10 Å². The van der Waals surface area contributed by atoms with Gasteiger partial charge in [-0.1, -0.05) is 42.0 Å². The Morgan fingerprint density at radius 1 is 1.17 bits per heavy atom. The number of thiocarbonyl (C=S) groups is 1. The quantitative estimate of drug-likeness (QED) is 0.851. The number of halogens is 1. The molecule has 0 aromatic heterocycles. The number of hydrogen-bond acceptors (Lipinski definition) is 2. The fourth-order valence-electron chi connectivity index (χ4n) is 2.68. The van der Waals surface area contributed by atoms with Crippen molar-refractivity contribution < 1.29 is 4.39 Å². The highest BCUT2D eigenvalue weighted by Gasteiger charge is 2.30. The molecular weight excluding hydrogens is 309 g/mol. The molecule has 1 heterocycles. The third-order valence-corrected chi connectivity index (χ3v) is 4.36. The summed E-state index contributed by atoms with van der Waals surface area (Å²) < 4.78 is 13.1. The van der Waals surface area contributed by atoms with Gasteiger partial charge >= 0.3 is 0 Å². The SMILES string of the molecule is CNC(=S)N1N=C(c2ccc(F)cc2)C[C@@H]1c1ccc(C)cc1. The summed E-state index contributed by atoms with van der Waals surface area (Å²) >= 11 is 5.39. The Morgan fingerprint density at radius 3 is 2.43 bits per heavy atom. The number of hydrogen-bond donors (Lipinski definition) is 1. The maximum Gasteiger partial charge on any atom is 0.189 e. The van der Waals surface area contributed by atoms with Crippen LogP contribution in [0.4, 0.5) is 4.39 Å². The molecule has 0 bridgehead atoms. The number of benzene rings is 2. The molecule has 3 nitrogen and oxygen atoms in total. The van der Waals surface area contributed by atoms with Crippen LogP contribution >= 0.6 is 12.2 Å². The Hall–Kier alpha value is -2.27. The molecule has 0 saturated carbocycles. The van der Waals surface area contributed by atoms with Crippen LogP contribution in [0.15, 0.2) is 53.6 Å². The molecule has 1 aliphatic rings. The number of rotatable bonds is 2. The van der Waals surface area contributed by atoms with E-state index in [4.69, 9.17) is 12.2 Å². The van der Waals surface area contributed by atoms with Gasteiger partial charge in [0, 0.05) is 13.5 Å². The molecule has 1 aliphatic heterocycles. The van der Waals surface area contributed by atoms with E-state index in [0.29, 0.717) is 5.11 Å². The average Bonchev–Trinajstić information content (AvgIpc) is 3.00. The molecule has 2 aromatic rings. The molecule has 2 aromatic carbocycles. The minimum absolute atomic E-state index is 0.0515. The summed E-state index contributed by atoms with van der Waals surface area (Å²) in [6.45, 7) is 2.06. The zero-order valence-corrected chi connectivity index (χ0v) is 13.9. The van der Waals surface area contributed by atoms with Crippen LogP contribution in [-0.4, -0.2) is 22.9 Å². The predicted molar refractivity (Wildman–Crippen MR) is 95.0 cm³/mol. The van der Waals surface area contributed by atoms with E-state index >= 15 is 0 Å². The van der Waals surface area contributed by atoms with Crippen LogP contribution in [-0.2, 0) is 0 Å². The van der Waals surface area contributed by atoms with E-state index in [2.05, 4.69) is 41.6 Å². The first-order valence-corrected chi connectivity index (χ1v) is 7.90. The highest BCUT2D eigenvalue weighted by molar-refractivity contribution is 7.80. The van der Waals surface area contributed by atoms with Gasteiger partial charge in [0.15, 0.2) is 5.11 Å². The van der Waals surface area contributed by atoms with Gasteiger partial charge in [-0.05, 0) is 42.4 Å². The minimum atomic E-state index is -0.245. The number of hydrazone groups is 1. The topological polar surface area (TPSA) is 27.6 Å². The summed E-state index contributed by atoms with van der Waals surface area (Å²) in [5.74, 6) is -0.245. The van der Waals surface area contributed by atoms with Crippen LogP contribution in [0, 0.1) is 12.7 Å². The smallest absolute Gasteiger partial charge is 0.189 e. The molecule has 0 spiro atoms. The van der Waals surface area contributed by atoms with Gasteiger partial charge in [0.1, 0.15) is 5.82 Å². The molecule has 0 amide bonds. The van der Waals surface area contributed by atoms with Crippen LogP contribution in [0.25, 0.3) is 0 Å². The predicted octanol–water partition coefficient (Wildman–Crippen LogP) is 3.79. The third-order valence-electron chi connectivity index (χ3n) is 3.97. The molecule has 0 fully saturated rings. The van der Waals surface area contributed by atoms with E-state index in [1.165, 1.54) is 17.7 Å². The first-order chi connectivity index (χ1) is 11.1. The highest BCUT2D eigenvalue weighted by Crippen LogP contribution is 2.32. The molecule has 0 radical (unpaired) electrons. The van der Waals surface area contributed by atoms with Gasteiger partial charge < -0.3 is 5.32 Å². The summed E-state index contributed by atoms with van der Waals surface area (Å²) in [5.41, 5.74) is 4.21. The third kappa shape index (κ3) is 3.24. The van der Waals surface area contributed by atoms with Crippen molar-refractivity contribution in [3.05, 3.63) is 71.0 Å². The number of aryl methyl sites for hydroxylation is 1. The normalized spacial score (nSPS) is 17.1. The second-order valence-electron chi connectivity index (χ2n) is 5.58. The molecule has 0 aliphatic carbocycles. The molecule has 1 atom stereocenters. The summed E-state index contributed by atoms with van der Waals surface area (Å²) in [5, 5.41) is 10.1. The van der Waals surface area contributed by atoms with Crippen molar-refractivity contribution in [1.82, 2.24) is 10.3 Å². The Bertz CT molecular complexity index is 738. The van der Waals surface area contributed by atoms with Gasteiger partial charge in [-0.25, -0.2) is 9.40 Å². The average molecular weight is 327 g/mol. The summed E-state index contributed by atoms with van der Waals surface area (Å²) in [6, 6.07) is 14.9. The van der Waals surface area contributed by atoms with Gasteiger partial charge in [0.2, 0.25) is 0 Å².